The molecule has 7 heteroatoms. The predicted octanol–water partition coefficient (Wildman–Crippen LogP) is 1.22. The van der Waals surface area contributed by atoms with Crippen LogP contribution in [0.2, 0.25) is 0 Å². The Morgan fingerprint density at radius 2 is 2.28 bits per heavy atom. The van der Waals surface area contributed by atoms with E-state index < -0.39 is 4.92 Å². The van der Waals surface area contributed by atoms with Crippen molar-refractivity contribution in [3.63, 3.8) is 0 Å². The summed E-state index contributed by atoms with van der Waals surface area (Å²) in [4.78, 5) is 21.8. The van der Waals surface area contributed by atoms with Gasteiger partial charge in [-0.05, 0) is 25.1 Å². The summed E-state index contributed by atoms with van der Waals surface area (Å²) >= 11 is 0. The molecule has 0 saturated heterocycles. The Bertz CT molecular complexity index is 462. The van der Waals surface area contributed by atoms with Crippen molar-refractivity contribution >= 4 is 17.3 Å². The molecule has 0 saturated carbocycles. The number of nitrogens with one attached hydrogen (secondary N) is 1. The summed E-state index contributed by atoms with van der Waals surface area (Å²) < 4.78 is 0. The highest BCUT2D eigenvalue weighted by atomic mass is 16.6. The Balaban J connectivity index is 2.90. The predicted molar refractivity (Wildman–Crippen MR) is 66.2 cm³/mol. The van der Waals surface area contributed by atoms with Gasteiger partial charge in [-0.3, -0.25) is 14.9 Å². The van der Waals surface area contributed by atoms with Crippen LogP contribution in [0.25, 0.3) is 0 Å². The first-order valence-corrected chi connectivity index (χ1v) is 5.44. The molecule has 1 atom stereocenters. The van der Waals surface area contributed by atoms with Gasteiger partial charge in [0.1, 0.15) is 11.4 Å². The highest BCUT2D eigenvalue weighted by molar-refractivity contribution is 5.94. The lowest BCUT2D eigenvalue weighted by Gasteiger charge is -2.11. The van der Waals surface area contributed by atoms with E-state index >= 15 is 0 Å². The summed E-state index contributed by atoms with van der Waals surface area (Å²) in [6.07, 6.45) is 0.498. The molecular weight excluding hydrogens is 238 g/mol. The van der Waals surface area contributed by atoms with Gasteiger partial charge in [0.25, 0.3) is 5.69 Å². The summed E-state index contributed by atoms with van der Waals surface area (Å²) in [6, 6.07) is 3.56. The average Bonchev–Trinajstić information content (AvgIpc) is 2.31. The number of rotatable bonds is 5. The van der Waals surface area contributed by atoms with Crippen LogP contribution in [-0.4, -0.2) is 22.5 Å². The molecule has 0 radical (unpaired) electrons. The zero-order valence-corrected chi connectivity index (χ0v) is 9.92. The Morgan fingerprint density at radius 3 is 2.83 bits per heavy atom. The normalized spacial score (nSPS) is 11.9. The second-order valence-corrected chi connectivity index (χ2v) is 3.93. The summed E-state index contributed by atoms with van der Waals surface area (Å²) in [7, 11) is 0. The number of phenolic OH excluding ortho intramolecular Hbond substituents is 1. The van der Waals surface area contributed by atoms with E-state index in [2.05, 4.69) is 5.32 Å². The molecule has 1 unspecified atom stereocenters. The number of aromatic hydroxyl groups is 1. The van der Waals surface area contributed by atoms with Gasteiger partial charge in [-0.1, -0.05) is 6.92 Å². The van der Waals surface area contributed by atoms with Gasteiger partial charge in [-0.25, -0.2) is 0 Å². The van der Waals surface area contributed by atoms with Crippen LogP contribution in [0.1, 0.15) is 13.3 Å². The van der Waals surface area contributed by atoms with Gasteiger partial charge in [0, 0.05) is 5.92 Å². The maximum absolute atomic E-state index is 11.7. The number of phenols is 1. The SMILES string of the molecule is CC(CCN)C(=O)Nc1ccc(O)cc1[N+](=O)[O-]. The van der Waals surface area contributed by atoms with Crippen LogP contribution >= 0.6 is 0 Å². The van der Waals surface area contributed by atoms with E-state index in [1.165, 1.54) is 12.1 Å². The highest BCUT2D eigenvalue weighted by Crippen LogP contribution is 2.28. The summed E-state index contributed by atoms with van der Waals surface area (Å²) in [6.45, 7) is 2.06. The van der Waals surface area contributed by atoms with Crippen LogP contribution in [0.15, 0.2) is 18.2 Å². The van der Waals surface area contributed by atoms with E-state index in [-0.39, 0.29) is 28.9 Å². The molecule has 1 rings (SSSR count). The lowest BCUT2D eigenvalue weighted by atomic mass is 10.1. The number of carbonyl (C=O) groups excluding carboxylic acids is 1. The molecule has 0 aliphatic rings. The fraction of sp³-hybridized carbons (Fsp3) is 0.364. The third kappa shape index (κ3) is 3.42. The Hall–Kier alpha value is -2.15. The molecule has 0 spiro atoms. The number of amides is 1. The van der Waals surface area contributed by atoms with E-state index in [0.717, 1.165) is 6.07 Å². The van der Waals surface area contributed by atoms with Crippen molar-refractivity contribution in [3.05, 3.63) is 28.3 Å². The molecule has 1 amide bonds. The van der Waals surface area contributed by atoms with Crippen molar-refractivity contribution in [3.8, 4) is 5.75 Å². The van der Waals surface area contributed by atoms with E-state index in [9.17, 15) is 20.0 Å². The minimum absolute atomic E-state index is 0.0617. The van der Waals surface area contributed by atoms with Crippen molar-refractivity contribution in [2.45, 2.75) is 13.3 Å². The quantitative estimate of drug-likeness (QED) is 0.414. The number of nitro benzene ring substituents is 1. The van der Waals surface area contributed by atoms with Crippen LogP contribution in [-0.2, 0) is 4.79 Å². The summed E-state index contributed by atoms with van der Waals surface area (Å²) in [5.41, 5.74) is 5.05. The van der Waals surface area contributed by atoms with Gasteiger partial charge in [0.15, 0.2) is 0 Å². The molecule has 0 fully saturated rings. The maximum atomic E-state index is 11.7. The van der Waals surface area contributed by atoms with Gasteiger partial charge in [0.05, 0.1) is 11.0 Å². The lowest BCUT2D eigenvalue weighted by molar-refractivity contribution is -0.384. The number of carbonyl (C=O) groups is 1. The number of hydrogen-bond acceptors (Lipinski definition) is 5. The van der Waals surface area contributed by atoms with Gasteiger partial charge in [-0.2, -0.15) is 0 Å². The zero-order valence-electron chi connectivity index (χ0n) is 9.92. The molecule has 0 aromatic heterocycles. The average molecular weight is 253 g/mol. The standard InChI is InChI=1S/C11H15N3O4/c1-7(4-5-12)11(16)13-9-3-2-8(15)6-10(9)14(17)18/h2-3,6-7,15H,4-5,12H2,1H3,(H,13,16). The number of hydrogen-bond donors (Lipinski definition) is 3. The highest BCUT2D eigenvalue weighted by Gasteiger charge is 2.19. The first-order chi connectivity index (χ1) is 8.45. The Kier molecular flexibility index (Phi) is 4.61. The van der Waals surface area contributed by atoms with Crippen molar-refractivity contribution in [2.24, 2.45) is 11.7 Å². The number of nitrogens with zero attached hydrogens (tertiary/aromatic N) is 1. The number of nitro groups is 1. The Labute approximate surface area is 104 Å². The minimum Gasteiger partial charge on any atom is -0.508 e. The molecule has 0 bridgehead atoms. The number of anilines is 1. The second-order valence-electron chi connectivity index (χ2n) is 3.93. The molecule has 0 aliphatic carbocycles. The van der Waals surface area contributed by atoms with E-state index in [0.29, 0.717) is 13.0 Å². The van der Waals surface area contributed by atoms with Gasteiger partial charge >= 0.3 is 0 Å². The monoisotopic (exact) mass is 253 g/mol. The first kappa shape index (κ1) is 13.9. The number of nitrogens with two attached hydrogens (primary N) is 1. The van der Waals surface area contributed by atoms with Crippen molar-refractivity contribution in [2.75, 3.05) is 11.9 Å². The molecule has 18 heavy (non-hydrogen) atoms. The fourth-order valence-corrected chi connectivity index (χ4v) is 1.41. The molecule has 0 aliphatic heterocycles. The molecule has 4 N–H and O–H groups in total. The largest absolute Gasteiger partial charge is 0.508 e. The van der Waals surface area contributed by atoms with Crippen LogP contribution in [0, 0.1) is 16.0 Å². The first-order valence-electron chi connectivity index (χ1n) is 5.44. The van der Waals surface area contributed by atoms with Crippen LogP contribution < -0.4 is 11.1 Å². The lowest BCUT2D eigenvalue weighted by Crippen LogP contribution is -2.23. The molecular formula is C11H15N3O4. The van der Waals surface area contributed by atoms with Crippen LogP contribution in [0.5, 0.6) is 5.75 Å². The van der Waals surface area contributed by atoms with E-state index in [1.54, 1.807) is 6.92 Å². The van der Waals surface area contributed by atoms with E-state index in [4.69, 9.17) is 5.73 Å². The van der Waals surface area contributed by atoms with Gasteiger partial charge in [-0.15, -0.1) is 0 Å². The Morgan fingerprint density at radius 1 is 1.61 bits per heavy atom. The minimum atomic E-state index is -0.664. The second kappa shape index (κ2) is 5.97. The van der Waals surface area contributed by atoms with Crippen molar-refractivity contribution in [1.82, 2.24) is 0 Å². The zero-order chi connectivity index (χ0) is 13.7. The van der Waals surface area contributed by atoms with Crippen molar-refractivity contribution in [1.29, 1.82) is 0 Å². The third-order valence-corrected chi connectivity index (χ3v) is 2.48. The smallest absolute Gasteiger partial charge is 0.296 e. The van der Waals surface area contributed by atoms with E-state index in [1.807, 2.05) is 0 Å². The molecule has 0 heterocycles. The maximum Gasteiger partial charge on any atom is 0.296 e. The molecule has 7 nitrogen and oxygen atoms in total. The van der Waals surface area contributed by atoms with Gasteiger partial charge in [0.2, 0.25) is 5.91 Å². The fourth-order valence-electron chi connectivity index (χ4n) is 1.41. The molecule has 98 valence electrons. The summed E-state index contributed by atoms with van der Waals surface area (Å²) in [5.74, 6) is -0.896. The van der Waals surface area contributed by atoms with Gasteiger partial charge < -0.3 is 16.2 Å². The number of benzene rings is 1. The van der Waals surface area contributed by atoms with Crippen molar-refractivity contribution < 1.29 is 14.8 Å². The van der Waals surface area contributed by atoms with Crippen LogP contribution in [0.3, 0.4) is 0 Å². The molecule has 1 aromatic rings. The van der Waals surface area contributed by atoms with Crippen LogP contribution in [0.4, 0.5) is 11.4 Å². The third-order valence-electron chi connectivity index (χ3n) is 2.48. The topological polar surface area (TPSA) is 118 Å². The summed E-state index contributed by atoms with van der Waals surface area (Å²) in [5, 5.41) is 22.4. The molecule has 1 aromatic carbocycles.